The molecule has 0 radical (unpaired) electrons. The van der Waals surface area contributed by atoms with Gasteiger partial charge in [-0.05, 0) is 18.2 Å². The van der Waals surface area contributed by atoms with Crippen LogP contribution in [0.3, 0.4) is 0 Å². The number of nitrogens with zero attached hydrogens (tertiary/aromatic N) is 2. The second-order valence-electron chi connectivity index (χ2n) is 3.97. The Morgan fingerprint density at radius 1 is 1.22 bits per heavy atom. The lowest BCUT2D eigenvalue weighted by molar-refractivity contribution is 0.297. The van der Waals surface area contributed by atoms with E-state index in [2.05, 4.69) is 9.97 Å². The summed E-state index contributed by atoms with van der Waals surface area (Å²) >= 11 is 0. The van der Waals surface area contributed by atoms with Crippen LogP contribution in [0.15, 0.2) is 24.4 Å². The first-order valence-corrected chi connectivity index (χ1v) is 5.72. The lowest BCUT2D eigenvalue weighted by Gasteiger charge is -2.08. The smallest absolute Gasteiger partial charge is 0.210 e. The van der Waals surface area contributed by atoms with Crippen LogP contribution in [0.1, 0.15) is 12.2 Å². The van der Waals surface area contributed by atoms with E-state index in [4.69, 9.17) is 14.7 Å². The van der Waals surface area contributed by atoms with E-state index in [0.29, 0.717) is 19.0 Å². The highest BCUT2D eigenvalue weighted by atomic mass is 16.5. The third-order valence-corrected chi connectivity index (χ3v) is 2.74. The first-order valence-electron chi connectivity index (χ1n) is 5.72. The second-order valence-corrected chi connectivity index (χ2v) is 3.97. The lowest BCUT2D eigenvalue weighted by Crippen LogP contribution is -1.97. The van der Waals surface area contributed by atoms with Crippen molar-refractivity contribution in [2.45, 2.75) is 6.42 Å². The summed E-state index contributed by atoms with van der Waals surface area (Å²) in [4.78, 5) is 6.89. The number of nitrogens with one attached hydrogen (secondary N) is 1. The van der Waals surface area contributed by atoms with Crippen LogP contribution in [-0.2, 0) is 0 Å². The van der Waals surface area contributed by atoms with E-state index < -0.39 is 0 Å². The molecular formula is C13H11N3O2. The molecule has 90 valence electrons. The Hall–Kier alpha value is -2.48. The largest absolute Gasteiger partial charge is 0.490 e. The summed E-state index contributed by atoms with van der Waals surface area (Å²) in [5, 5.41) is 8.74. The molecule has 0 saturated carbocycles. The Morgan fingerprint density at radius 2 is 2.06 bits per heavy atom. The number of nitriles is 1. The molecule has 1 N–H and O–H groups in total. The first kappa shape index (κ1) is 10.7. The molecule has 1 aliphatic rings. The zero-order valence-electron chi connectivity index (χ0n) is 9.64. The van der Waals surface area contributed by atoms with E-state index in [9.17, 15) is 0 Å². The van der Waals surface area contributed by atoms with Gasteiger partial charge in [0, 0.05) is 12.0 Å². The third kappa shape index (κ3) is 1.89. The van der Waals surface area contributed by atoms with Crippen LogP contribution in [0.25, 0.3) is 11.3 Å². The van der Waals surface area contributed by atoms with Crippen LogP contribution in [-0.4, -0.2) is 23.2 Å². The predicted molar refractivity (Wildman–Crippen MR) is 64.3 cm³/mol. The fourth-order valence-electron chi connectivity index (χ4n) is 1.86. The minimum Gasteiger partial charge on any atom is -0.490 e. The van der Waals surface area contributed by atoms with Crippen molar-refractivity contribution < 1.29 is 9.47 Å². The highest BCUT2D eigenvalue weighted by Crippen LogP contribution is 2.33. The molecule has 0 amide bonds. The van der Waals surface area contributed by atoms with Crippen LogP contribution in [0, 0.1) is 11.3 Å². The highest BCUT2D eigenvalue weighted by Gasteiger charge is 2.12. The number of fused-ring (bicyclic) bond motifs is 1. The van der Waals surface area contributed by atoms with Crippen LogP contribution >= 0.6 is 0 Å². The highest BCUT2D eigenvalue weighted by molar-refractivity contribution is 5.64. The Morgan fingerprint density at radius 3 is 2.83 bits per heavy atom. The minimum atomic E-state index is 0.303. The molecule has 5 nitrogen and oxygen atoms in total. The van der Waals surface area contributed by atoms with Gasteiger partial charge >= 0.3 is 0 Å². The van der Waals surface area contributed by atoms with E-state index in [0.717, 1.165) is 29.2 Å². The second kappa shape index (κ2) is 4.41. The van der Waals surface area contributed by atoms with Crippen molar-refractivity contribution in [3.63, 3.8) is 0 Å². The van der Waals surface area contributed by atoms with Gasteiger partial charge in [0.1, 0.15) is 6.07 Å². The number of H-pyrrole nitrogens is 1. The maximum absolute atomic E-state index is 8.74. The Balaban J connectivity index is 1.98. The molecule has 0 spiro atoms. The molecule has 0 aliphatic carbocycles. The quantitative estimate of drug-likeness (QED) is 0.830. The number of ether oxygens (including phenoxy) is 2. The van der Waals surface area contributed by atoms with Gasteiger partial charge in [-0.1, -0.05) is 0 Å². The standard InChI is InChI=1S/C13H11N3O2/c14-7-13-15-8-10(16-13)9-2-3-11-12(6-9)18-5-1-4-17-11/h2-3,6,8H,1,4-5H2,(H,15,16). The fourth-order valence-corrected chi connectivity index (χ4v) is 1.86. The molecule has 1 aromatic heterocycles. The van der Waals surface area contributed by atoms with Gasteiger partial charge in [-0.2, -0.15) is 5.26 Å². The van der Waals surface area contributed by atoms with Gasteiger partial charge < -0.3 is 14.5 Å². The van der Waals surface area contributed by atoms with Gasteiger partial charge in [-0.3, -0.25) is 0 Å². The van der Waals surface area contributed by atoms with Crippen molar-refractivity contribution in [1.29, 1.82) is 5.26 Å². The number of imidazole rings is 1. The average molecular weight is 241 g/mol. The van der Waals surface area contributed by atoms with Crippen LogP contribution in [0.5, 0.6) is 11.5 Å². The summed E-state index contributed by atoms with van der Waals surface area (Å²) in [6, 6.07) is 7.66. The lowest BCUT2D eigenvalue weighted by atomic mass is 10.1. The molecule has 18 heavy (non-hydrogen) atoms. The van der Waals surface area contributed by atoms with Gasteiger partial charge in [-0.15, -0.1) is 0 Å². The average Bonchev–Trinajstić information content (AvgIpc) is 2.76. The van der Waals surface area contributed by atoms with Gasteiger partial charge in [0.05, 0.1) is 25.1 Å². The topological polar surface area (TPSA) is 70.9 Å². The number of aromatic amines is 1. The van der Waals surface area contributed by atoms with E-state index >= 15 is 0 Å². The van der Waals surface area contributed by atoms with Crippen molar-refractivity contribution >= 4 is 0 Å². The zero-order valence-corrected chi connectivity index (χ0v) is 9.64. The van der Waals surface area contributed by atoms with Crippen molar-refractivity contribution in [3.05, 3.63) is 30.2 Å². The van der Waals surface area contributed by atoms with Gasteiger partial charge in [0.2, 0.25) is 5.82 Å². The fraction of sp³-hybridized carbons (Fsp3) is 0.231. The normalized spacial score (nSPS) is 13.7. The van der Waals surface area contributed by atoms with Crippen molar-refractivity contribution in [2.24, 2.45) is 0 Å². The molecule has 0 saturated heterocycles. The first-order chi connectivity index (χ1) is 8.86. The summed E-state index contributed by atoms with van der Waals surface area (Å²) in [5.74, 6) is 1.80. The molecule has 0 atom stereocenters. The molecule has 3 rings (SSSR count). The SMILES string of the molecule is N#Cc1ncc(-c2ccc3c(c2)OCCCO3)[nH]1. The van der Waals surface area contributed by atoms with E-state index in [1.165, 1.54) is 0 Å². The van der Waals surface area contributed by atoms with Crippen molar-refractivity contribution in [3.8, 4) is 28.8 Å². The monoisotopic (exact) mass is 241 g/mol. The van der Waals surface area contributed by atoms with Crippen LogP contribution in [0.2, 0.25) is 0 Å². The number of hydrogen-bond acceptors (Lipinski definition) is 4. The number of aromatic nitrogens is 2. The van der Waals surface area contributed by atoms with Crippen LogP contribution < -0.4 is 9.47 Å². The number of hydrogen-bond donors (Lipinski definition) is 1. The molecule has 2 aromatic rings. The zero-order chi connectivity index (χ0) is 12.4. The minimum absolute atomic E-state index is 0.303. The summed E-state index contributed by atoms with van der Waals surface area (Å²) in [6.45, 7) is 1.33. The molecule has 1 aliphatic heterocycles. The number of rotatable bonds is 1. The van der Waals surface area contributed by atoms with Gasteiger partial charge in [0.15, 0.2) is 11.5 Å². The molecule has 5 heteroatoms. The van der Waals surface area contributed by atoms with Crippen molar-refractivity contribution in [1.82, 2.24) is 9.97 Å². The summed E-state index contributed by atoms with van der Waals surface area (Å²) in [5.41, 5.74) is 1.72. The Labute approximate surface area is 104 Å². The van der Waals surface area contributed by atoms with Gasteiger partial charge in [0.25, 0.3) is 0 Å². The summed E-state index contributed by atoms with van der Waals surface area (Å²) in [6.07, 6.45) is 2.52. The molecule has 1 aromatic carbocycles. The van der Waals surface area contributed by atoms with E-state index in [1.807, 2.05) is 24.3 Å². The molecule has 2 heterocycles. The Kier molecular flexibility index (Phi) is 2.61. The third-order valence-electron chi connectivity index (χ3n) is 2.74. The molecular weight excluding hydrogens is 230 g/mol. The van der Waals surface area contributed by atoms with E-state index in [1.54, 1.807) is 6.20 Å². The summed E-state index contributed by atoms with van der Waals surface area (Å²) < 4.78 is 11.2. The maximum atomic E-state index is 8.74. The molecule has 0 bridgehead atoms. The molecule has 0 unspecified atom stereocenters. The number of benzene rings is 1. The maximum Gasteiger partial charge on any atom is 0.210 e. The van der Waals surface area contributed by atoms with Gasteiger partial charge in [-0.25, -0.2) is 4.98 Å². The Bertz CT molecular complexity index is 613. The predicted octanol–water partition coefficient (Wildman–Crippen LogP) is 2.11. The molecule has 0 fully saturated rings. The van der Waals surface area contributed by atoms with Crippen molar-refractivity contribution in [2.75, 3.05) is 13.2 Å². The van der Waals surface area contributed by atoms with Crippen LogP contribution in [0.4, 0.5) is 0 Å². The van der Waals surface area contributed by atoms with E-state index in [-0.39, 0.29) is 0 Å². The summed E-state index contributed by atoms with van der Waals surface area (Å²) in [7, 11) is 0.